The van der Waals surface area contributed by atoms with Gasteiger partial charge in [0, 0.05) is 32.4 Å². The summed E-state index contributed by atoms with van der Waals surface area (Å²) in [6.07, 6.45) is 3.33. The summed E-state index contributed by atoms with van der Waals surface area (Å²) in [5.41, 5.74) is 1.28. The zero-order chi connectivity index (χ0) is 15.4. The monoisotopic (exact) mass is 304 g/mol. The van der Waals surface area contributed by atoms with Gasteiger partial charge in [-0.05, 0) is 13.0 Å². The average molecular weight is 304 g/mol. The molecule has 0 bridgehead atoms. The maximum atomic E-state index is 12.6. The average Bonchev–Trinajstić information content (AvgIpc) is 2.56. The lowest BCUT2D eigenvalue weighted by Gasteiger charge is -2.26. The zero-order valence-electron chi connectivity index (χ0n) is 12.7. The lowest BCUT2D eigenvalue weighted by atomic mass is 10.3. The van der Waals surface area contributed by atoms with Gasteiger partial charge in [0.1, 0.15) is 5.52 Å². The van der Waals surface area contributed by atoms with Crippen molar-refractivity contribution in [3.05, 3.63) is 28.8 Å². The molecule has 0 spiro atoms. The fraction of sp³-hybridized carbons (Fsp3) is 0.533. The Balaban J connectivity index is 1.91. The van der Waals surface area contributed by atoms with Crippen LogP contribution in [0.5, 0.6) is 5.88 Å². The van der Waals surface area contributed by atoms with Crippen LogP contribution in [0.15, 0.2) is 23.3 Å². The fourth-order valence-corrected chi connectivity index (χ4v) is 2.59. The van der Waals surface area contributed by atoms with E-state index in [1.54, 1.807) is 17.0 Å². The lowest BCUT2D eigenvalue weighted by molar-refractivity contribution is 0.0364. The molecule has 0 N–H and O–H groups in total. The Hall–Kier alpha value is -1.99. The Bertz CT molecular complexity index is 695. The van der Waals surface area contributed by atoms with Gasteiger partial charge in [-0.2, -0.15) is 0 Å². The summed E-state index contributed by atoms with van der Waals surface area (Å²) < 4.78 is 12.4. The molecular formula is C15H20N4O3. The first kappa shape index (κ1) is 14.9. The van der Waals surface area contributed by atoms with Gasteiger partial charge < -0.3 is 14.0 Å². The van der Waals surface area contributed by atoms with Gasteiger partial charge in [0.25, 0.3) is 5.88 Å². The molecule has 1 aliphatic rings. The Kier molecular flexibility index (Phi) is 4.65. The van der Waals surface area contributed by atoms with Crippen molar-refractivity contribution in [3.63, 3.8) is 0 Å². The van der Waals surface area contributed by atoms with Crippen molar-refractivity contribution < 1.29 is 9.47 Å². The molecule has 3 heterocycles. The molecule has 1 aliphatic heterocycles. The molecule has 7 heteroatoms. The van der Waals surface area contributed by atoms with Crippen molar-refractivity contribution in [2.45, 2.75) is 13.5 Å². The highest BCUT2D eigenvalue weighted by atomic mass is 16.5. The maximum Gasteiger partial charge on any atom is 0.313 e. The first-order valence-electron chi connectivity index (χ1n) is 7.57. The zero-order valence-corrected chi connectivity index (χ0v) is 12.7. The summed E-state index contributed by atoms with van der Waals surface area (Å²) in [6, 6.07) is 1.82. The number of ether oxygens (including phenoxy) is 2. The predicted octanol–water partition coefficient (Wildman–Crippen LogP) is 0.522. The van der Waals surface area contributed by atoms with Gasteiger partial charge in [0.15, 0.2) is 0 Å². The fourth-order valence-electron chi connectivity index (χ4n) is 2.59. The largest absolute Gasteiger partial charge is 0.474 e. The number of morpholine rings is 1. The molecule has 0 unspecified atom stereocenters. The van der Waals surface area contributed by atoms with E-state index in [2.05, 4.69) is 14.9 Å². The van der Waals surface area contributed by atoms with E-state index in [-0.39, 0.29) is 11.4 Å². The van der Waals surface area contributed by atoms with E-state index in [0.29, 0.717) is 18.7 Å². The highest BCUT2D eigenvalue weighted by Crippen LogP contribution is 2.12. The van der Waals surface area contributed by atoms with Crippen molar-refractivity contribution in [2.24, 2.45) is 0 Å². The van der Waals surface area contributed by atoms with Crippen LogP contribution in [0.2, 0.25) is 0 Å². The first-order valence-corrected chi connectivity index (χ1v) is 7.57. The second-order valence-corrected chi connectivity index (χ2v) is 5.13. The molecule has 0 amide bonds. The summed E-state index contributed by atoms with van der Waals surface area (Å²) in [7, 11) is 0. The van der Waals surface area contributed by atoms with Gasteiger partial charge in [0.05, 0.1) is 31.5 Å². The third-order valence-corrected chi connectivity index (χ3v) is 3.74. The smallest absolute Gasteiger partial charge is 0.313 e. The first-order chi connectivity index (χ1) is 10.8. The number of nitrogens with zero attached hydrogens (tertiary/aromatic N) is 4. The number of hydrogen-bond acceptors (Lipinski definition) is 6. The molecule has 0 saturated carbocycles. The van der Waals surface area contributed by atoms with E-state index in [1.165, 1.54) is 0 Å². The quantitative estimate of drug-likeness (QED) is 0.802. The van der Waals surface area contributed by atoms with Gasteiger partial charge in [-0.1, -0.05) is 0 Å². The molecule has 0 aromatic carbocycles. The standard InChI is InChI=1S/C15H20N4O3/c1-2-22-14-15(20)19(6-5-18-7-9-21-10-8-18)13-3-4-16-11-12(13)17-14/h3-4,11H,2,5-10H2,1H3. The Morgan fingerprint density at radius 1 is 1.32 bits per heavy atom. The van der Waals surface area contributed by atoms with Crippen LogP contribution in [-0.2, 0) is 11.3 Å². The summed E-state index contributed by atoms with van der Waals surface area (Å²) in [6.45, 7) is 6.96. The number of hydrogen-bond donors (Lipinski definition) is 0. The molecule has 2 aromatic heterocycles. The van der Waals surface area contributed by atoms with E-state index in [1.807, 2.05) is 13.0 Å². The van der Waals surface area contributed by atoms with Crippen LogP contribution in [0, 0.1) is 0 Å². The minimum absolute atomic E-state index is 0.143. The minimum Gasteiger partial charge on any atom is -0.474 e. The number of aromatic nitrogens is 3. The van der Waals surface area contributed by atoms with Crippen molar-refractivity contribution in [2.75, 3.05) is 39.5 Å². The second-order valence-electron chi connectivity index (χ2n) is 5.13. The van der Waals surface area contributed by atoms with Gasteiger partial charge >= 0.3 is 5.56 Å². The Labute approximate surface area is 128 Å². The SMILES string of the molecule is CCOc1nc2cnccc2n(CCN2CCOCC2)c1=O. The van der Waals surface area contributed by atoms with Crippen molar-refractivity contribution >= 4 is 11.0 Å². The number of fused-ring (bicyclic) bond motifs is 1. The summed E-state index contributed by atoms with van der Waals surface area (Å²) in [5.74, 6) is 0.143. The van der Waals surface area contributed by atoms with E-state index in [0.717, 1.165) is 38.4 Å². The van der Waals surface area contributed by atoms with Gasteiger partial charge in [-0.25, -0.2) is 4.98 Å². The third kappa shape index (κ3) is 3.10. The van der Waals surface area contributed by atoms with E-state index in [4.69, 9.17) is 9.47 Å². The predicted molar refractivity (Wildman–Crippen MR) is 82.2 cm³/mol. The molecular weight excluding hydrogens is 284 g/mol. The second kappa shape index (κ2) is 6.85. The van der Waals surface area contributed by atoms with Gasteiger partial charge in [-0.3, -0.25) is 14.7 Å². The van der Waals surface area contributed by atoms with E-state index >= 15 is 0 Å². The van der Waals surface area contributed by atoms with Crippen LogP contribution < -0.4 is 10.3 Å². The summed E-state index contributed by atoms with van der Waals surface area (Å²) in [5, 5.41) is 0. The Morgan fingerprint density at radius 3 is 2.91 bits per heavy atom. The van der Waals surface area contributed by atoms with Crippen LogP contribution in [0.1, 0.15) is 6.92 Å². The van der Waals surface area contributed by atoms with Gasteiger partial charge in [0.2, 0.25) is 0 Å². The molecule has 0 atom stereocenters. The number of pyridine rings is 1. The van der Waals surface area contributed by atoms with Gasteiger partial charge in [-0.15, -0.1) is 0 Å². The minimum atomic E-state index is -0.186. The summed E-state index contributed by atoms with van der Waals surface area (Å²) >= 11 is 0. The molecule has 118 valence electrons. The molecule has 22 heavy (non-hydrogen) atoms. The molecule has 2 aromatic rings. The summed E-state index contributed by atoms with van der Waals surface area (Å²) in [4.78, 5) is 23.2. The Morgan fingerprint density at radius 2 is 2.14 bits per heavy atom. The highest BCUT2D eigenvalue weighted by molar-refractivity contribution is 5.73. The highest BCUT2D eigenvalue weighted by Gasteiger charge is 2.14. The molecule has 0 radical (unpaired) electrons. The molecule has 1 fully saturated rings. The maximum absolute atomic E-state index is 12.6. The topological polar surface area (TPSA) is 69.5 Å². The van der Waals surface area contributed by atoms with Crippen LogP contribution in [0.3, 0.4) is 0 Å². The number of rotatable bonds is 5. The van der Waals surface area contributed by atoms with Crippen molar-refractivity contribution in [1.82, 2.24) is 19.4 Å². The molecule has 1 saturated heterocycles. The van der Waals surface area contributed by atoms with E-state index in [9.17, 15) is 4.79 Å². The molecule has 0 aliphatic carbocycles. The van der Waals surface area contributed by atoms with E-state index < -0.39 is 0 Å². The van der Waals surface area contributed by atoms with Crippen LogP contribution in [0.25, 0.3) is 11.0 Å². The van der Waals surface area contributed by atoms with Crippen molar-refractivity contribution in [1.29, 1.82) is 0 Å². The van der Waals surface area contributed by atoms with Crippen LogP contribution >= 0.6 is 0 Å². The lowest BCUT2D eigenvalue weighted by Crippen LogP contribution is -2.39. The van der Waals surface area contributed by atoms with Crippen molar-refractivity contribution in [3.8, 4) is 5.88 Å². The normalized spacial score (nSPS) is 16.0. The molecule has 3 rings (SSSR count). The van der Waals surface area contributed by atoms with Crippen LogP contribution in [0.4, 0.5) is 0 Å². The van der Waals surface area contributed by atoms with Crippen LogP contribution in [-0.4, -0.2) is 58.9 Å². The molecule has 7 nitrogen and oxygen atoms in total. The third-order valence-electron chi connectivity index (χ3n) is 3.74.